The predicted molar refractivity (Wildman–Crippen MR) is 115 cm³/mol. The molecule has 1 aromatic carbocycles. The number of ketones is 3. The van der Waals surface area contributed by atoms with E-state index in [4.69, 9.17) is 9.47 Å². The summed E-state index contributed by atoms with van der Waals surface area (Å²) in [7, 11) is 3.10. The molecule has 158 valence electrons. The predicted octanol–water partition coefficient (Wildman–Crippen LogP) is 3.66. The fourth-order valence-corrected chi connectivity index (χ4v) is 5.17. The number of hydrogen-bond donors (Lipinski definition) is 0. The average molecular weight is 417 g/mol. The highest BCUT2D eigenvalue weighted by molar-refractivity contribution is 6.32. The van der Waals surface area contributed by atoms with Crippen molar-refractivity contribution in [2.24, 2.45) is 10.9 Å². The van der Waals surface area contributed by atoms with Crippen molar-refractivity contribution in [1.29, 1.82) is 0 Å². The summed E-state index contributed by atoms with van der Waals surface area (Å²) in [6, 6.07) is 5.42. The number of allylic oxidation sites excluding steroid dienone is 5. The maximum absolute atomic E-state index is 13.6. The normalized spacial score (nSPS) is 25.1. The van der Waals surface area contributed by atoms with Crippen LogP contribution in [0.3, 0.4) is 0 Å². The Labute approximate surface area is 180 Å². The highest BCUT2D eigenvalue weighted by atomic mass is 16.5. The summed E-state index contributed by atoms with van der Waals surface area (Å²) in [5.74, 6) is -0.354. The molecule has 0 saturated heterocycles. The first-order chi connectivity index (χ1) is 15.0. The SMILES string of the molecule is COc1ccc(C2C3=C(N=C4CCCC(=O)C42)C(=O)C2=CCCC=C2C3=O)cc1OC. The molecule has 4 aliphatic rings. The van der Waals surface area contributed by atoms with E-state index in [1.54, 1.807) is 26.4 Å². The van der Waals surface area contributed by atoms with Gasteiger partial charge in [0.25, 0.3) is 0 Å². The number of fused-ring (bicyclic) bond motifs is 2. The molecule has 0 spiro atoms. The van der Waals surface area contributed by atoms with Crippen molar-refractivity contribution in [2.45, 2.75) is 38.0 Å². The molecule has 2 atom stereocenters. The first kappa shape index (κ1) is 19.7. The average Bonchev–Trinajstić information content (AvgIpc) is 2.81. The van der Waals surface area contributed by atoms with Gasteiger partial charge in [-0.25, -0.2) is 0 Å². The Morgan fingerprint density at radius 3 is 2.29 bits per heavy atom. The second kappa shape index (κ2) is 7.45. The van der Waals surface area contributed by atoms with Crippen LogP contribution in [0, 0.1) is 5.92 Å². The van der Waals surface area contributed by atoms with Crippen LogP contribution in [0.25, 0.3) is 0 Å². The van der Waals surface area contributed by atoms with Crippen LogP contribution in [0.4, 0.5) is 0 Å². The Morgan fingerprint density at radius 1 is 0.871 bits per heavy atom. The Bertz CT molecular complexity index is 1150. The number of carbonyl (C=O) groups is 3. The number of nitrogens with zero attached hydrogens (tertiary/aromatic N) is 1. The Kier molecular flexibility index (Phi) is 4.73. The topological polar surface area (TPSA) is 82.0 Å². The number of methoxy groups -OCH3 is 2. The van der Waals surface area contributed by atoms with Crippen molar-refractivity contribution in [2.75, 3.05) is 14.2 Å². The molecule has 0 aromatic heterocycles. The van der Waals surface area contributed by atoms with Crippen LogP contribution in [-0.4, -0.2) is 37.3 Å². The quantitative estimate of drug-likeness (QED) is 0.750. The van der Waals surface area contributed by atoms with Gasteiger partial charge in [0.1, 0.15) is 11.5 Å². The van der Waals surface area contributed by atoms with Gasteiger partial charge >= 0.3 is 0 Å². The minimum Gasteiger partial charge on any atom is -0.493 e. The van der Waals surface area contributed by atoms with Crippen LogP contribution < -0.4 is 9.47 Å². The van der Waals surface area contributed by atoms with E-state index in [-0.39, 0.29) is 23.0 Å². The van der Waals surface area contributed by atoms with Gasteiger partial charge in [0, 0.05) is 34.8 Å². The van der Waals surface area contributed by atoms with Gasteiger partial charge in [-0.15, -0.1) is 0 Å². The number of benzene rings is 1. The maximum atomic E-state index is 13.6. The third kappa shape index (κ3) is 2.92. The van der Waals surface area contributed by atoms with Gasteiger partial charge in [-0.05, 0) is 43.4 Å². The van der Waals surface area contributed by atoms with Crippen LogP contribution >= 0.6 is 0 Å². The van der Waals surface area contributed by atoms with Gasteiger partial charge in [-0.2, -0.15) is 0 Å². The zero-order chi connectivity index (χ0) is 21.7. The third-order valence-corrected chi connectivity index (χ3v) is 6.59. The number of carbonyl (C=O) groups excluding carboxylic acids is 3. The molecule has 1 aromatic rings. The number of rotatable bonds is 3. The zero-order valence-electron chi connectivity index (χ0n) is 17.6. The van der Waals surface area contributed by atoms with Crippen molar-refractivity contribution in [3.05, 3.63) is 58.3 Å². The fourth-order valence-electron chi connectivity index (χ4n) is 5.17. The maximum Gasteiger partial charge on any atom is 0.212 e. The lowest BCUT2D eigenvalue weighted by atomic mass is 9.65. The summed E-state index contributed by atoms with van der Waals surface area (Å²) < 4.78 is 10.8. The standard InChI is InChI=1S/C25H23NO5/c1-30-18-11-10-13(12-19(18)31-2)20-21-16(8-5-9-17(21)27)26-23-22(20)24(28)14-6-3-4-7-15(14)25(23)29/h6-7,10-12,20-21H,3-5,8-9H2,1-2H3. The summed E-state index contributed by atoms with van der Waals surface area (Å²) in [5, 5.41) is 0. The molecule has 1 fully saturated rings. The Hall–Kier alpha value is -3.28. The molecule has 1 heterocycles. The van der Waals surface area contributed by atoms with Gasteiger partial charge < -0.3 is 9.47 Å². The first-order valence-corrected chi connectivity index (χ1v) is 10.6. The lowest BCUT2D eigenvalue weighted by molar-refractivity contribution is -0.122. The number of aliphatic imine (C=N–C) groups is 1. The van der Waals surface area contributed by atoms with E-state index >= 15 is 0 Å². The monoisotopic (exact) mass is 417 g/mol. The minimum absolute atomic E-state index is 0.0653. The number of ether oxygens (including phenoxy) is 2. The summed E-state index contributed by atoms with van der Waals surface area (Å²) in [5.41, 5.74) is 2.90. The van der Waals surface area contributed by atoms with Gasteiger partial charge in [-0.3, -0.25) is 19.4 Å². The second-order valence-electron chi connectivity index (χ2n) is 8.23. The molecule has 0 amide bonds. The van der Waals surface area contributed by atoms with Crippen molar-refractivity contribution >= 4 is 23.1 Å². The molecule has 0 bridgehead atoms. The largest absolute Gasteiger partial charge is 0.493 e. The lowest BCUT2D eigenvalue weighted by Gasteiger charge is -2.38. The third-order valence-electron chi connectivity index (χ3n) is 6.59. The molecule has 2 unspecified atom stereocenters. The summed E-state index contributed by atoms with van der Waals surface area (Å²) in [6.07, 6.45) is 6.95. The molecule has 3 aliphatic carbocycles. The van der Waals surface area contributed by atoms with Crippen molar-refractivity contribution < 1.29 is 23.9 Å². The molecule has 31 heavy (non-hydrogen) atoms. The van der Waals surface area contributed by atoms with Gasteiger partial charge in [0.05, 0.1) is 20.1 Å². The van der Waals surface area contributed by atoms with E-state index in [1.165, 1.54) is 0 Å². The van der Waals surface area contributed by atoms with Crippen LogP contribution in [-0.2, 0) is 14.4 Å². The second-order valence-corrected chi connectivity index (χ2v) is 8.23. The van der Waals surface area contributed by atoms with Crippen LogP contribution in [0.2, 0.25) is 0 Å². The van der Waals surface area contributed by atoms with Crippen LogP contribution in [0.15, 0.2) is 57.8 Å². The van der Waals surface area contributed by atoms with Crippen molar-refractivity contribution in [3.63, 3.8) is 0 Å². The Morgan fingerprint density at radius 2 is 1.58 bits per heavy atom. The van der Waals surface area contributed by atoms with E-state index in [0.29, 0.717) is 53.2 Å². The highest BCUT2D eigenvalue weighted by Gasteiger charge is 2.48. The first-order valence-electron chi connectivity index (χ1n) is 10.6. The fraction of sp³-hybridized carbons (Fsp3) is 0.360. The van der Waals surface area contributed by atoms with E-state index in [0.717, 1.165) is 18.4 Å². The molecule has 0 radical (unpaired) electrons. The molecular weight excluding hydrogens is 394 g/mol. The van der Waals surface area contributed by atoms with Crippen molar-refractivity contribution in [1.82, 2.24) is 0 Å². The van der Waals surface area contributed by atoms with Gasteiger partial charge in [0.2, 0.25) is 5.78 Å². The summed E-state index contributed by atoms with van der Waals surface area (Å²) >= 11 is 0. The summed E-state index contributed by atoms with van der Waals surface area (Å²) in [4.78, 5) is 44.7. The minimum atomic E-state index is -0.559. The number of hydrogen-bond acceptors (Lipinski definition) is 6. The van der Waals surface area contributed by atoms with Crippen molar-refractivity contribution in [3.8, 4) is 11.5 Å². The van der Waals surface area contributed by atoms with Crippen LogP contribution in [0.5, 0.6) is 11.5 Å². The van der Waals surface area contributed by atoms with E-state index in [9.17, 15) is 14.4 Å². The molecule has 1 saturated carbocycles. The van der Waals surface area contributed by atoms with E-state index in [1.807, 2.05) is 18.2 Å². The van der Waals surface area contributed by atoms with E-state index in [2.05, 4.69) is 4.99 Å². The molecule has 6 nitrogen and oxygen atoms in total. The molecule has 1 aliphatic heterocycles. The Balaban J connectivity index is 1.75. The molecule has 6 heteroatoms. The smallest absolute Gasteiger partial charge is 0.212 e. The lowest BCUT2D eigenvalue weighted by Crippen LogP contribution is -2.42. The zero-order valence-corrected chi connectivity index (χ0v) is 17.6. The van der Waals surface area contributed by atoms with E-state index < -0.39 is 11.8 Å². The van der Waals surface area contributed by atoms with Gasteiger partial charge in [-0.1, -0.05) is 18.2 Å². The number of Topliss-reactive ketones (excluding diaryl/α,β-unsaturated/α-hetero) is 3. The van der Waals surface area contributed by atoms with Crippen LogP contribution in [0.1, 0.15) is 43.6 Å². The van der Waals surface area contributed by atoms with Gasteiger partial charge in [0.15, 0.2) is 17.3 Å². The summed E-state index contributed by atoms with van der Waals surface area (Å²) in [6.45, 7) is 0. The molecule has 0 N–H and O–H groups in total. The molecular formula is C25H23NO5. The molecule has 5 rings (SSSR count). The highest BCUT2D eigenvalue weighted by Crippen LogP contribution is 2.48.